The highest BCUT2D eigenvalue weighted by Crippen LogP contribution is 2.48. The largest absolute Gasteiger partial charge is 0.454 e. The number of fused-ring (bicyclic) bond motifs is 3. The molecule has 4 saturated heterocycles. The highest BCUT2D eigenvalue weighted by atomic mass is 16.7. The van der Waals surface area contributed by atoms with Gasteiger partial charge in [0, 0.05) is 24.4 Å². The highest BCUT2D eigenvalue weighted by Gasteiger charge is 2.55. The van der Waals surface area contributed by atoms with Crippen LogP contribution in [0, 0.1) is 11.8 Å². The summed E-state index contributed by atoms with van der Waals surface area (Å²) in [6.45, 7) is 3.41. The van der Waals surface area contributed by atoms with Crippen LogP contribution in [0.3, 0.4) is 0 Å². The van der Waals surface area contributed by atoms with Crippen molar-refractivity contribution >= 4 is 5.91 Å². The third-order valence-electron chi connectivity index (χ3n) is 8.15. The number of aliphatic hydroxyl groups excluding tert-OH is 1. The molecule has 156 valence electrons. The first-order valence-electron chi connectivity index (χ1n) is 11.3. The Balaban J connectivity index is 1.31. The van der Waals surface area contributed by atoms with E-state index in [-0.39, 0.29) is 12.0 Å². The second-order valence-electron chi connectivity index (χ2n) is 9.57. The maximum absolute atomic E-state index is 13.6. The van der Waals surface area contributed by atoms with Gasteiger partial charge in [-0.1, -0.05) is 6.07 Å². The molecule has 29 heavy (non-hydrogen) atoms. The molecule has 6 nitrogen and oxygen atoms in total. The lowest BCUT2D eigenvalue weighted by Gasteiger charge is -2.51. The van der Waals surface area contributed by atoms with E-state index >= 15 is 0 Å². The van der Waals surface area contributed by atoms with Gasteiger partial charge in [-0.3, -0.25) is 9.69 Å². The lowest BCUT2D eigenvalue weighted by atomic mass is 9.75. The van der Waals surface area contributed by atoms with Gasteiger partial charge in [-0.05, 0) is 75.2 Å². The van der Waals surface area contributed by atoms with Gasteiger partial charge in [0.25, 0.3) is 0 Å². The zero-order valence-electron chi connectivity index (χ0n) is 16.8. The Labute approximate surface area is 171 Å². The molecule has 0 radical (unpaired) electrons. The summed E-state index contributed by atoms with van der Waals surface area (Å²) in [4.78, 5) is 18.5. The van der Waals surface area contributed by atoms with Gasteiger partial charge in [-0.25, -0.2) is 0 Å². The van der Waals surface area contributed by atoms with Gasteiger partial charge in [-0.2, -0.15) is 0 Å². The molecule has 5 aliphatic heterocycles. The Hall–Kier alpha value is -1.79. The third-order valence-corrected chi connectivity index (χ3v) is 8.15. The first-order valence-corrected chi connectivity index (χ1v) is 11.3. The fourth-order valence-electron chi connectivity index (χ4n) is 6.67. The second kappa shape index (κ2) is 6.88. The Bertz CT molecular complexity index is 798. The molecule has 2 bridgehead atoms. The van der Waals surface area contributed by atoms with Crippen molar-refractivity contribution < 1.29 is 19.4 Å². The van der Waals surface area contributed by atoms with Crippen LogP contribution < -0.4 is 9.47 Å². The van der Waals surface area contributed by atoms with Crippen LogP contribution in [0.1, 0.15) is 50.0 Å². The van der Waals surface area contributed by atoms with Crippen LogP contribution >= 0.6 is 0 Å². The number of hydrogen-bond donors (Lipinski definition) is 1. The van der Waals surface area contributed by atoms with Crippen molar-refractivity contribution in [1.29, 1.82) is 0 Å². The number of amides is 1. The topological polar surface area (TPSA) is 62.2 Å². The van der Waals surface area contributed by atoms with Crippen molar-refractivity contribution in [2.75, 3.05) is 26.4 Å². The number of benzene rings is 1. The number of piperidine rings is 3. The number of nitrogens with zero attached hydrogens (tertiary/aromatic N) is 2. The van der Waals surface area contributed by atoms with Crippen molar-refractivity contribution in [1.82, 2.24) is 9.80 Å². The predicted octanol–water partition coefficient (Wildman–Crippen LogP) is 2.36. The lowest BCUT2D eigenvalue weighted by molar-refractivity contribution is -0.142. The number of rotatable bonds is 2. The minimum atomic E-state index is -0.219. The molecular formula is C23H30N2O4. The maximum atomic E-state index is 13.6. The van der Waals surface area contributed by atoms with E-state index in [9.17, 15) is 9.90 Å². The zero-order chi connectivity index (χ0) is 19.5. The van der Waals surface area contributed by atoms with Crippen molar-refractivity contribution in [2.45, 2.75) is 62.6 Å². The first-order chi connectivity index (χ1) is 14.2. The van der Waals surface area contributed by atoms with Crippen LogP contribution in [-0.4, -0.2) is 65.4 Å². The van der Waals surface area contributed by atoms with Crippen LogP contribution in [0.4, 0.5) is 0 Å². The third kappa shape index (κ3) is 2.87. The van der Waals surface area contributed by atoms with Gasteiger partial charge in [0.05, 0.1) is 12.1 Å². The van der Waals surface area contributed by atoms with Crippen molar-refractivity contribution in [3.05, 3.63) is 23.8 Å². The minimum absolute atomic E-state index is 0.0880. The predicted molar refractivity (Wildman–Crippen MR) is 107 cm³/mol. The van der Waals surface area contributed by atoms with Crippen molar-refractivity contribution in [3.63, 3.8) is 0 Å². The number of carbonyl (C=O) groups is 1. The number of carbonyl (C=O) groups excluding carboxylic acids is 1. The van der Waals surface area contributed by atoms with Crippen LogP contribution in [0.15, 0.2) is 18.2 Å². The maximum Gasteiger partial charge on any atom is 0.231 e. The molecule has 0 aromatic heterocycles. The van der Waals surface area contributed by atoms with E-state index in [0.717, 1.165) is 56.8 Å². The van der Waals surface area contributed by atoms with Gasteiger partial charge in [-0.15, -0.1) is 0 Å². The van der Waals surface area contributed by atoms with Crippen molar-refractivity contribution in [3.8, 4) is 11.5 Å². The van der Waals surface area contributed by atoms with Crippen LogP contribution in [-0.2, 0) is 4.79 Å². The summed E-state index contributed by atoms with van der Waals surface area (Å²) in [5.74, 6) is 3.04. The average molecular weight is 399 g/mol. The Morgan fingerprint density at radius 2 is 1.72 bits per heavy atom. The molecule has 1 saturated carbocycles. The zero-order valence-corrected chi connectivity index (χ0v) is 16.8. The molecule has 1 aromatic rings. The minimum Gasteiger partial charge on any atom is -0.454 e. The van der Waals surface area contributed by atoms with E-state index in [1.165, 1.54) is 18.4 Å². The standard InChI is InChI=1S/C23H30N2O4/c26-17-4-1-15(2-5-17)23(27)25-12-18(16-3-6-19-20(11-16)29-13-28-19)22-21(25)14-7-9-24(22)10-8-14/h3,6,11,14-15,17-18,21-22,26H,1-2,4-5,7-10,12-13H2/t15?,17?,18-,21+,22+/m1/s1. The fraction of sp³-hybridized carbons (Fsp3) is 0.696. The normalized spacial score (nSPS) is 40.2. The molecule has 0 unspecified atom stereocenters. The van der Waals surface area contributed by atoms with E-state index in [4.69, 9.17) is 9.47 Å². The first kappa shape index (κ1) is 18.0. The molecule has 5 fully saturated rings. The molecule has 6 aliphatic rings. The van der Waals surface area contributed by atoms with Crippen LogP contribution in [0.5, 0.6) is 11.5 Å². The van der Waals surface area contributed by atoms with E-state index in [1.807, 2.05) is 6.07 Å². The van der Waals surface area contributed by atoms with Gasteiger partial charge >= 0.3 is 0 Å². The Kier molecular flexibility index (Phi) is 4.27. The quantitative estimate of drug-likeness (QED) is 0.829. The smallest absolute Gasteiger partial charge is 0.231 e. The fourth-order valence-corrected chi connectivity index (χ4v) is 6.67. The molecule has 6 heteroatoms. The molecule has 1 N–H and O–H groups in total. The van der Waals surface area contributed by atoms with Gasteiger partial charge in [0.2, 0.25) is 12.7 Å². The summed E-state index contributed by atoms with van der Waals surface area (Å²) in [6.07, 6.45) is 5.39. The van der Waals surface area contributed by atoms with E-state index in [0.29, 0.717) is 36.6 Å². The monoisotopic (exact) mass is 398 g/mol. The number of ether oxygens (including phenoxy) is 2. The molecule has 0 spiro atoms. The van der Waals surface area contributed by atoms with E-state index < -0.39 is 0 Å². The Morgan fingerprint density at radius 3 is 2.52 bits per heavy atom. The number of likely N-dealkylation sites (tertiary alicyclic amines) is 1. The number of hydrogen-bond acceptors (Lipinski definition) is 5. The molecule has 1 aliphatic carbocycles. The molecule has 1 amide bonds. The van der Waals surface area contributed by atoms with Crippen LogP contribution in [0.2, 0.25) is 0 Å². The molecule has 1 aromatic carbocycles. The van der Waals surface area contributed by atoms with Crippen LogP contribution in [0.25, 0.3) is 0 Å². The summed E-state index contributed by atoms with van der Waals surface area (Å²) in [7, 11) is 0. The molecule has 7 rings (SSSR count). The molecule has 5 heterocycles. The van der Waals surface area contributed by atoms with Gasteiger partial charge in [0.1, 0.15) is 0 Å². The average Bonchev–Trinajstić information content (AvgIpc) is 3.40. The SMILES string of the molecule is O=C(C1CCC(O)CC1)N1C[C@H](c2ccc3c(c2)OCO3)[C@H]2[C@@H]1C1CCN2CC1. The van der Waals surface area contributed by atoms with Gasteiger partial charge in [0.15, 0.2) is 11.5 Å². The van der Waals surface area contributed by atoms with Gasteiger partial charge < -0.3 is 19.5 Å². The summed E-state index contributed by atoms with van der Waals surface area (Å²) < 4.78 is 11.1. The van der Waals surface area contributed by atoms with Crippen molar-refractivity contribution in [2.24, 2.45) is 11.8 Å². The number of aliphatic hydroxyl groups is 1. The summed E-state index contributed by atoms with van der Waals surface area (Å²) in [5.41, 5.74) is 1.27. The van der Waals surface area contributed by atoms with E-state index in [2.05, 4.69) is 21.9 Å². The summed E-state index contributed by atoms with van der Waals surface area (Å²) >= 11 is 0. The van der Waals surface area contributed by atoms with E-state index in [1.54, 1.807) is 0 Å². The highest BCUT2D eigenvalue weighted by molar-refractivity contribution is 5.80. The Morgan fingerprint density at radius 1 is 0.966 bits per heavy atom. The molecule has 3 atom stereocenters. The molecular weight excluding hydrogens is 368 g/mol. The summed E-state index contributed by atoms with van der Waals surface area (Å²) in [6, 6.07) is 7.09. The lowest BCUT2D eigenvalue weighted by Crippen LogP contribution is -2.61. The second-order valence-corrected chi connectivity index (χ2v) is 9.57. The summed E-state index contributed by atoms with van der Waals surface area (Å²) in [5, 5.41) is 9.86.